The highest BCUT2D eigenvalue weighted by Crippen LogP contribution is 2.43. The fraction of sp³-hybridized carbons (Fsp3) is 0.483. The van der Waals surface area contributed by atoms with E-state index in [1.165, 1.54) is 0 Å². The second-order valence-corrected chi connectivity index (χ2v) is 10.9. The molecule has 2 fully saturated rings. The number of carbonyl (C=O) groups is 3. The Labute approximate surface area is 218 Å². The van der Waals surface area contributed by atoms with Crippen LogP contribution in [0, 0.1) is 0 Å². The van der Waals surface area contributed by atoms with E-state index in [1.54, 1.807) is 0 Å². The van der Waals surface area contributed by atoms with Gasteiger partial charge in [0.2, 0.25) is 11.8 Å². The Morgan fingerprint density at radius 1 is 1.03 bits per heavy atom. The molecule has 0 aliphatic carbocycles. The first kappa shape index (κ1) is 25.3. The second-order valence-electron chi connectivity index (χ2n) is 10.9. The largest absolute Gasteiger partial charge is 0.341 e. The predicted octanol–water partition coefficient (Wildman–Crippen LogP) is 2.57. The molecule has 5 rings (SSSR count). The first-order valence-electron chi connectivity index (χ1n) is 13.4. The maximum absolute atomic E-state index is 13.6. The molecule has 1 unspecified atom stereocenters. The Balaban J connectivity index is 1.24. The summed E-state index contributed by atoms with van der Waals surface area (Å²) < 4.78 is 0. The number of anilines is 1. The molecule has 1 atom stereocenters. The first-order chi connectivity index (χ1) is 17.8. The molecule has 0 aromatic heterocycles. The Morgan fingerprint density at radius 2 is 1.70 bits per heavy atom. The Morgan fingerprint density at radius 3 is 2.38 bits per heavy atom. The third kappa shape index (κ3) is 5.21. The van der Waals surface area contributed by atoms with Crippen molar-refractivity contribution in [2.75, 3.05) is 31.1 Å². The monoisotopic (exact) mass is 503 g/mol. The van der Waals surface area contributed by atoms with Crippen LogP contribution in [0.2, 0.25) is 0 Å². The van der Waals surface area contributed by atoms with Gasteiger partial charge in [-0.2, -0.15) is 0 Å². The highest BCUT2D eigenvalue weighted by molar-refractivity contribution is 6.08. The quantitative estimate of drug-likeness (QED) is 0.542. The zero-order valence-corrected chi connectivity index (χ0v) is 21.7. The van der Waals surface area contributed by atoms with Gasteiger partial charge in [-0.3, -0.25) is 9.59 Å². The summed E-state index contributed by atoms with van der Waals surface area (Å²) in [5.41, 5.74) is 2.65. The average Bonchev–Trinajstić information content (AvgIpc) is 3.09. The molecule has 0 bridgehead atoms. The molecule has 4 amide bonds. The summed E-state index contributed by atoms with van der Waals surface area (Å²) in [6.07, 6.45) is 2.67. The molecule has 196 valence electrons. The van der Waals surface area contributed by atoms with Crippen LogP contribution in [0.15, 0.2) is 54.6 Å². The minimum absolute atomic E-state index is 0.0512. The molecule has 8 heteroatoms. The van der Waals surface area contributed by atoms with E-state index in [2.05, 4.69) is 16.0 Å². The third-order valence-electron chi connectivity index (χ3n) is 8.02. The molecule has 3 heterocycles. The predicted molar refractivity (Wildman–Crippen MR) is 143 cm³/mol. The van der Waals surface area contributed by atoms with Crippen molar-refractivity contribution in [1.29, 1.82) is 0 Å². The first-order valence-corrected chi connectivity index (χ1v) is 13.4. The minimum Gasteiger partial charge on any atom is -0.341 e. The van der Waals surface area contributed by atoms with Gasteiger partial charge in [0.05, 0.1) is 11.5 Å². The molecule has 3 aliphatic heterocycles. The Hall–Kier alpha value is -3.39. The lowest BCUT2D eigenvalue weighted by molar-refractivity contribution is -0.134. The van der Waals surface area contributed by atoms with Gasteiger partial charge in [-0.05, 0) is 56.7 Å². The van der Waals surface area contributed by atoms with Crippen molar-refractivity contribution in [2.45, 2.75) is 63.1 Å². The number of carbonyl (C=O) groups excluding carboxylic acids is 3. The van der Waals surface area contributed by atoms with Gasteiger partial charge >= 0.3 is 6.03 Å². The number of aryl methyl sites for hydroxylation is 1. The summed E-state index contributed by atoms with van der Waals surface area (Å²) in [6.45, 7) is 6.60. The molecule has 3 N–H and O–H groups in total. The zero-order chi connectivity index (χ0) is 26.0. The fourth-order valence-corrected chi connectivity index (χ4v) is 5.65. The summed E-state index contributed by atoms with van der Waals surface area (Å²) in [6, 6.07) is 17.3. The molecule has 37 heavy (non-hydrogen) atoms. The zero-order valence-electron chi connectivity index (χ0n) is 21.7. The standard InChI is InChI=1S/C29H37N5O3/c1-29(2)23-10-6-7-11-25(23)34(27(29)36)22-14-16-33(17-15-22)26(35)24(13-12-20-8-4-3-5-9-20)32-28(37)31-21-18-30-19-21/h3-11,21-22,24,30H,12-19H2,1-2H3,(H2,31,32,37). The number of hydrogen-bond acceptors (Lipinski definition) is 4. The number of nitrogens with one attached hydrogen (secondary N) is 3. The number of urea groups is 1. The van der Waals surface area contributed by atoms with Crippen LogP contribution in [0.1, 0.15) is 44.2 Å². The van der Waals surface area contributed by atoms with Crippen LogP contribution in [-0.2, 0) is 21.4 Å². The van der Waals surface area contributed by atoms with Gasteiger partial charge in [-0.1, -0.05) is 48.5 Å². The minimum atomic E-state index is -0.599. The SMILES string of the molecule is CC1(C)C(=O)N(C2CCN(C(=O)C(CCc3ccccc3)NC(=O)NC3CNC3)CC2)c2ccccc21. The van der Waals surface area contributed by atoms with Gasteiger partial charge in [0.25, 0.3) is 0 Å². The van der Waals surface area contributed by atoms with Crippen LogP contribution in [0.5, 0.6) is 0 Å². The number of hydrogen-bond donors (Lipinski definition) is 3. The fourth-order valence-electron chi connectivity index (χ4n) is 5.65. The van der Waals surface area contributed by atoms with Gasteiger partial charge in [0.1, 0.15) is 6.04 Å². The van der Waals surface area contributed by atoms with Crippen molar-refractivity contribution >= 4 is 23.5 Å². The van der Waals surface area contributed by atoms with Gasteiger partial charge < -0.3 is 25.8 Å². The summed E-state index contributed by atoms with van der Waals surface area (Å²) >= 11 is 0. The summed E-state index contributed by atoms with van der Waals surface area (Å²) in [5, 5.41) is 9.03. The highest BCUT2D eigenvalue weighted by atomic mass is 16.2. The van der Waals surface area contributed by atoms with Crippen LogP contribution in [0.25, 0.3) is 0 Å². The lowest BCUT2D eigenvalue weighted by Crippen LogP contribution is -2.61. The highest BCUT2D eigenvalue weighted by Gasteiger charge is 2.46. The maximum Gasteiger partial charge on any atom is 0.315 e. The van der Waals surface area contributed by atoms with E-state index in [1.807, 2.05) is 78.2 Å². The molecule has 8 nitrogen and oxygen atoms in total. The smallest absolute Gasteiger partial charge is 0.315 e. The lowest BCUT2D eigenvalue weighted by atomic mass is 9.86. The van der Waals surface area contributed by atoms with Crippen molar-refractivity contribution in [1.82, 2.24) is 20.9 Å². The maximum atomic E-state index is 13.6. The molecule has 0 spiro atoms. The van der Waals surface area contributed by atoms with Gasteiger partial charge in [-0.15, -0.1) is 0 Å². The van der Waals surface area contributed by atoms with Crippen LogP contribution in [0.4, 0.5) is 10.5 Å². The van der Waals surface area contributed by atoms with E-state index in [0.717, 1.165) is 29.9 Å². The van der Waals surface area contributed by atoms with Crippen molar-refractivity contribution in [3.05, 3.63) is 65.7 Å². The van der Waals surface area contributed by atoms with E-state index in [0.29, 0.717) is 38.8 Å². The molecule has 0 radical (unpaired) electrons. The molecular weight excluding hydrogens is 466 g/mol. The second kappa shape index (κ2) is 10.5. The summed E-state index contributed by atoms with van der Waals surface area (Å²) in [4.78, 5) is 43.4. The molecular formula is C29H37N5O3. The molecule has 2 aromatic carbocycles. The molecule has 3 aliphatic rings. The van der Waals surface area contributed by atoms with E-state index < -0.39 is 11.5 Å². The number of rotatable bonds is 7. The Bertz CT molecular complexity index is 1140. The normalized spacial score (nSPS) is 20.2. The van der Waals surface area contributed by atoms with E-state index in [4.69, 9.17) is 0 Å². The number of fused-ring (bicyclic) bond motifs is 1. The number of para-hydroxylation sites is 1. The number of benzene rings is 2. The summed E-state index contributed by atoms with van der Waals surface area (Å²) in [7, 11) is 0. The van der Waals surface area contributed by atoms with Crippen molar-refractivity contribution in [3.63, 3.8) is 0 Å². The van der Waals surface area contributed by atoms with Gasteiger partial charge in [0.15, 0.2) is 0 Å². The number of amides is 4. The van der Waals surface area contributed by atoms with Gasteiger partial charge in [0, 0.05) is 37.9 Å². The van der Waals surface area contributed by atoms with E-state index in [9.17, 15) is 14.4 Å². The van der Waals surface area contributed by atoms with Gasteiger partial charge in [-0.25, -0.2) is 4.79 Å². The number of likely N-dealkylation sites (tertiary alicyclic amines) is 1. The third-order valence-corrected chi connectivity index (χ3v) is 8.02. The molecule has 0 saturated carbocycles. The van der Waals surface area contributed by atoms with Crippen molar-refractivity contribution < 1.29 is 14.4 Å². The topological polar surface area (TPSA) is 93.8 Å². The van der Waals surface area contributed by atoms with Crippen molar-refractivity contribution in [3.8, 4) is 0 Å². The van der Waals surface area contributed by atoms with Crippen LogP contribution < -0.4 is 20.9 Å². The average molecular weight is 504 g/mol. The molecule has 2 aromatic rings. The number of nitrogens with zero attached hydrogens (tertiary/aromatic N) is 2. The molecule has 2 saturated heterocycles. The summed E-state index contributed by atoms with van der Waals surface area (Å²) in [5.74, 6) is 0.0766. The van der Waals surface area contributed by atoms with Crippen LogP contribution >= 0.6 is 0 Å². The van der Waals surface area contributed by atoms with Crippen LogP contribution in [-0.4, -0.2) is 67.0 Å². The van der Waals surface area contributed by atoms with E-state index >= 15 is 0 Å². The van der Waals surface area contributed by atoms with Crippen molar-refractivity contribution in [2.24, 2.45) is 0 Å². The van der Waals surface area contributed by atoms with Crippen LogP contribution in [0.3, 0.4) is 0 Å². The lowest BCUT2D eigenvalue weighted by Gasteiger charge is -2.39. The Kier molecular flexibility index (Phi) is 7.20. The van der Waals surface area contributed by atoms with E-state index in [-0.39, 0.29) is 29.9 Å². The number of piperidine rings is 1.